The lowest BCUT2D eigenvalue weighted by Crippen LogP contribution is -2.58. The zero-order chi connectivity index (χ0) is 17.2. The number of rotatable bonds is 3. The third-order valence-electron chi connectivity index (χ3n) is 4.43. The number of sulfonamides is 1. The van der Waals surface area contributed by atoms with E-state index in [1.165, 1.54) is 22.7 Å². The molecule has 1 aromatic carbocycles. The third kappa shape index (κ3) is 4.31. The molecule has 2 fully saturated rings. The summed E-state index contributed by atoms with van der Waals surface area (Å²) in [5.41, 5.74) is 0.362. The molecule has 0 radical (unpaired) electrons. The Bertz CT molecular complexity index is 667. The van der Waals surface area contributed by atoms with Gasteiger partial charge >= 0.3 is 0 Å². The lowest BCUT2D eigenvalue weighted by Gasteiger charge is -2.43. The molecule has 1 spiro atoms. The highest BCUT2D eigenvalue weighted by molar-refractivity contribution is 7.88. The van der Waals surface area contributed by atoms with Gasteiger partial charge in [0.15, 0.2) is 0 Å². The lowest BCUT2D eigenvalue weighted by molar-refractivity contribution is -0.139. The second-order valence-electron chi connectivity index (χ2n) is 6.52. The summed E-state index contributed by atoms with van der Waals surface area (Å²) in [5.74, 6) is -0.252. The first-order chi connectivity index (χ1) is 11.4. The smallest absolute Gasteiger partial charge is 0.211 e. The normalized spacial score (nSPS) is 27.2. The molecule has 1 atom stereocenters. The van der Waals surface area contributed by atoms with Crippen molar-refractivity contribution < 1.29 is 22.3 Å². The van der Waals surface area contributed by atoms with Gasteiger partial charge in [-0.3, -0.25) is 4.90 Å². The van der Waals surface area contributed by atoms with E-state index < -0.39 is 15.6 Å². The van der Waals surface area contributed by atoms with Gasteiger partial charge in [0.1, 0.15) is 11.4 Å². The maximum Gasteiger partial charge on any atom is 0.211 e. The first-order valence-electron chi connectivity index (χ1n) is 8.00. The first-order valence-corrected chi connectivity index (χ1v) is 9.85. The van der Waals surface area contributed by atoms with E-state index in [9.17, 15) is 12.8 Å². The Morgan fingerprint density at radius 2 is 1.92 bits per heavy atom. The number of ether oxygens (including phenoxy) is 2. The van der Waals surface area contributed by atoms with Gasteiger partial charge in [0.2, 0.25) is 10.0 Å². The van der Waals surface area contributed by atoms with Crippen LogP contribution in [0.1, 0.15) is 5.56 Å². The maximum absolute atomic E-state index is 13.0. The number of benzene rings is 1. The summed E-state index contributed by atoms with van der Waals surface area (Å²) in [5, 5.41) is 0. The lowest BCUT2D eigenvalue weighted by atomic mass is 10.0. The quantitative estimate of drug-likeness (QED) is 0.796. The van der Waals surface area contributed by atoms with Gasteiger partial charge in [-0.05, 0) is 17.7 Å². The summed E-state index contributed by atoms with van der Waals surface area (Å²) >= 11 is 0. The Labute approximate surface area is 142 Å². The minimum absolute atomic E-state index is 0.252. The molecule has 0 amide bonds. The minimum atomic E-state index is -3.29. The highest BCUT2D eigenvalue weighted by atomic mass is 32.2. The van der Waals surface area contributed by atoms with Crippen LogP contribution in [0.4, 0.5) is 4.39 Å². The van der Waals surface area contributed by atoms with E-state index in [4.69, 9.17) is 9.47 Å². The SMILES string of the molecule is CS(=O)(=O)N1CCOC[C@]2(CN(Cc3ccc(F)cc3)CCO2)C1. The number of nitrogens with zero attached hydrogens (tertiary/aromatic N) is 2. The molecule has 0 bridgehead atoms. The summed E-state index contributed by atoms with van der Waals surface area (Å²) in [4.78, 5) is 2.20. The molecular formula is C16H23FN2O4S. The fraction of sp³-hybridized carbons (Fsp3) is 0.625. The fourth-order valence-electron chi connectivity index (χ4n) is 3.24. The van der Waals surface area contributed by atoms with Crippen molar-refractivity contribution in [2.75, 3.05) is 52.3 Å². The van der Waals surface area contributed by atoms with Crippen LogP contribution in [0.25, 0.3) is 0 Å². The second-order valence-corrected chi connectivity index (χ2v) is 8.50. The number of hydrogen-bond acceptors (Lipinski definition) is 5. The van der Waals surface area contributed by atoms with E-state index in [1.54, 1.807) is 12.1 Å². The van der Waals surface area contributed by atoms with Gasteiger partial charge in [-0.15, -0.1) is 0 Å². The maximum atomic E-state index is 13.0. The van der Waals surface area contributed by atoms with E-state index in [0.29, 0.717) is 46.0 Å². The highest BCUT2D eigenvalue weighted by Crippen LogP contribution is 2.25. The standard InChI is InChI=1S/C16H23FN2O4S/c1-24(20,21)19-7-8-22-13-16(12-19)11-18(6-9-23-16)10-14-2-4-15(17)5-3-14/h2-5H,6-13H2,1H3/t16-/m0/s1. The van der Waals surface area contributed by atoms with E-state index in [0.717, 1.165) is 12.1 Å². The number of halogens is 1. The van der Waals surface area contributed by atoms with Gasteiger partial charge in [0, 0.05) is 32.7 Å². The van der Waals surface area contributed by atoms with Gasteiger partial charge in [-0.1, -0.05) is 12.1 Å². The van der Waals surface area contributed by atoms with Crippen molar-refractivity contribution in [1.29, 1.82) is 0 Å². The third-order valence-corrected chi connectivity index (χ3v) is 5.68. The molecule has 0 saturated carbocycles. The fourth-order valence-corrected chi connectivity index (χ4v) is 4.12. The summed E-state index contributed by atoms with van der Waals surface area (Å²) in [6.45, 7) is 3.91. The molecule has 0 N–H and O–H groups in total. The molecule has 134 valence electrons. The molecule has 2 aliphatic heterocycles. The topological polar surface area (TPSA) is 59.1 Å². The molecule has 2 saturated heterocycles. The van der Waals surface area contributed by atoms with Crippen molar-refractivity contribution in [1.82, 2.24) is 9.21 Å². The van der Waals surface area contributed by atoms with Crippen LogP contribution < -0.4 is 0 Å². The summed E-state index contributed by atoms with van der Waals surface area (Å²) in [6.07, 6.45) is 1.21. The molecule has 0 unspecified atom stereocenters. The minimum Gasteiger partial charge on any atom is -0.377 e. The van der Waals surface area contributed by atoms with Crippen LogP contribution in [0.15, 0.2) is 24.3 Å². The molecule has 2 heterocycles. The van der Waals surface area contributed by atoms with Crippen molar-refractivity contribution in [2.24, 2.45) is 0 Å². The van der Waals surface area contributed by atoms with Crippen molar-refractivity contribution in [2.45, 2.75) is 12.1 Å². The molecule has 3 rings (SSSR count). The van der Waals surface area contributed by atoms with Gasteiger partial charge < -0.3 is 9.47 Å². The van der Waals surface area contributed by atoms with Crippen LogP contribution in [0, 0.1) is 5.82 Å². The van der Waals surface area contributed by atoms with Crippen LogP contribution in [0.5, 0.6) is 0 Å². The number of morpholine rings is 1. The average molecular weight is 358 g/mol. The molecule has 6 nitrogen and oxygen atoms in total. The molecule has 2 aliphatic rings. The molecule has 1 aromatic rings. The van der Waals surface area contributed by atoms with Crippen LogP contribution >= 0.6 is 0 Å². The Morgan fingerprint density at radius 1 is 1.17 bits per heavy atom. The molecular weight excluding hydrogens is 335 g/mol. The Balaban J connectivity index is 1.72. The van der Waals surface area contributed by atoms with Crippen LogP contribution in [-0.4, -0.2) is 75.5 Å². The highest BCUT2D eigenvalue weighted by Gasteiger charge is 2.42. The molecule has 0 aromatic heterocycles. The zero-order valence-electron chi connectivity index (χ0n) is 13.8. The molecule has 8 heteroatoms. The Morgan fingerprint density at radius 3 is 2.62 bits per heavy atom. The van der Waals surface area contributed by atoms with Crippen molar-refractivity contribution in [3.8, 4) is 0 Å². The summed E-state index contributed by atoms with van der Waals surface area (Å²) in [6, 6.07) is 6.44. The Hall–Kier alpha value is -1.06. The van der Waals surface area contributed by atoms with Gasteiger partial charge in [0.25, 0.3) is 0 Å². The van der Waals surface area contributed by atoms with E-state index in [2.05, 4.69) is 4.90 Å². The van der Waals surface area contributed by atoms with E-state index >= 15 is 0 Å². The van der Waals surface area contributed by atoms with Gasteiger partial charge in [0.05, 0.1) is 26.1 Å². The van der Waals surface area contributed by atoms with Gasteiger partial charge in [-0.2, -0.15) is 4.31 Å². The first kappa shape index (κ1) is 17.8. The predicted octanol–water partition coefficient (Wildman–Crippen LogP) is 0.688. The van der Waals surface area contributed by atoms with Crippen LogP contribution in [0.3, 0.4) is 0 Å². The van der Waals surface area contributed by atoms with Gasteiger partial charge in [-0.25, -0.2) is 12.8 Å². The van der Waals surface area contributed by atoms with E-state index in [-0.39, 0.29) is 5.82 Å². The van der Waals surface area contributed by atoms with Crippen LogP contribution in [-0.2, 0) is 26.0 Å². The predicted molar refractivity (Wildman–Crippen MR) is 87.6 cm³/mol. The number of hydrogen-bond donors (Lipinski definition) is 0. The second kappa shape index (κ2) is 7.05. The van der Waals surface area contributed by atoms with Crippen molar-refractivity contribution in [3.63, 3.8) is 0 Å². The Kier molecular flexibility index (Phi) is 5.22. The molecule has 0 aliphatic carbocycles. The van der Waals surface area contributed by atoms with E-state index in [1.807, 2.05) is 0 Å². The zero-order valence-corrected chi connectivity index (χ0v) is 14.6. The summed E-state index contributed by atoms with van der Waals surface area (Å²) in [7, 11) is -3.29. The van der Waals surface area contributed by atoms with Crippen LogP contribution in [0.2, 0.25) is 0 Å². The monoisotopic (exact) mass is 358 g/mol. The van der Waals surface area contributed by atoms with Crippen molar-refractivity contribution in [3.05, 3.63) is 35.6 Å². The largest absolute Gasteiger partial charge is 0.377 e. The van der Waals surface area contributed by atoms with Crippen molar-refractivity contribution >= 4 is 10.0 Å². The average Bonchev–Trinajstić information content (AvgIpc) is 2.72. The summed E-state index contributed by atoms with van der Waals surface area (Å²) < 4.78 is 49.9. The molecule has 24 heavy (non-hydrogen) atoms.